The highest BCUT2D eigenvalue weighted by Crippen LogP contribution is 2.25. The SMILES string of the molecule is O=[S@@](Cc1nc(-c2ccccc2Cl)no1)Cc1cccc2ccccc12. The van der Waals surface area contributed by atoms with Crippen molar-refractivity contribution in [1.82, 2.24) is 10.1 Å². The summed E-state index contributed by atoms with van der Waals surface area (Å²) in [5.41, 5.74) is 1.75. The van der Waals surface area contributed by atoms with Crippen molar-refractivity contribution in [3.8, 4) is 11.4 Å². The van der Waals surface area contributed by atoms with Crippen LogP contribution in [0.15, 0.2) is 71.3 Å². The molecule has 0 N–H and O–H groups in total. The highest BCUT2D eigenvalue weighted by molar-refractivity contribution is 7.83. The fraction of sp³-hybridized carbons (Fsp3) is 0.100. The second-order valence-corrected chi connectivity index (χ2v) is 7.72. The first-order valence-electron chi connectivity index (χ1n) is 8.10. The van der Waals surface area contributed by atoms with E-state index >= 15 is 0 Å². The van der Waals surface area contributed by atoms with Gasteiger partial charge in [0.1, 0.15) is 5.75 Å². The van der Waals surface area contributed by atoms with Crippen LogP contribution in [0, 0.1) is 0 Å². The average molecular weight is 383 g/mol. The van der Waals surface area contributed by atoms with Gasteiger partial charge in [-0.2, -0.15) is 4.98 Å². The molecule has 0 aliphatic heterocycles. The molecular weight excluding hydrogens is 368 g/mol. The summed E-state index contributed by atoms with van der Waals surface area (Å²) in [7, 11) is -1.16. The summed E-state index contributed by atoms with van der Waals surface area (Å²) in [6, 6.07) is 21.4. The van der Waals surface area contributed by atoms with E-state index in [9.17, 15) is 4.21 Å². The number of halogens is 1. The number of fused-ring (bicyclic) bond motifs is 1. The zero-order valence-electron chi connectivity index (χ0n) is 13.8. The van der Waals surface area contributed by atoms with E-state index in [2.05, 4.69) is 22.3 Å². The van der Waals surface area contributed by atoms with Gasteiger partial charge in [0, 0.05) is 22.1 Å². The van der Waals surface area contributed by atoms with Gasteiger partial charge in [-0.3, -0.25) is 4.21 Å². The first kappa shape index (κ1) is 16.9. The minimum atomic E-state index is -1.16. The smallest absolute Gasteiger partial charge is 0.239 e. The van der Waals surface area contributed by atoms with E-state index in [1.54, 1.807) is 6.07 Å². The maximum atomic E-state index is 12.6. The van der Waals surface area contributed by atoms with E-state index < -0.39 is 10.8 Å². The van der Waals surface area contributed by atoms with E-state index in [1.165, 1.54) is 0 Å². The lowest BCUT2D eigenvalue weighted by Gasteiger charge is -2.05. The van der Waals surface area contributed by atoms with Crippen molar-refractivity contribution in [3.05, 3.63) is 83.2 Å². The molecule has 0 aliphatic rings. The second-order valence-electron chi connectivity index (χ2n) is 5.86. The van der Waals surface area contributed by atoms with E-state index in [0.29, 0.717) is 28.1 Å². The minimum absolute atomic E-state index is 0.209. The number of rotatable bonds is 5. The van der Waals surface area contributed by atoms with Gasteiger partial charge < -0.3 is 4.52 Å². The minimum Gasteiger partial charge on any atom is -0.338 e. The monoisotopic (exact) mass is 382 g/mol. The molecule has 130 valence electrons. The van der Waals surface area contributed by atoms with Gasteiger partial charge in [-0.1, -0.05) is 71.4 Å². The first-order chi connectivity index (χ1) is 12.7. The standard InChI is InChI=1S/C20H15ClN2O2S/c21-18-11-4-3-10-17(18)20-22-19(25-23-20)13-26(24)12-15-8-5-7-14-6-1-2-9-16(14)15/h1-11H,12-13H2/t26-/m1/s1. The van der Waals surface area contributed by atoms with Gasteiger partial charge in [0.2, 0.25) is 11.7 Å². The summed E-state index contributed by atoms with van der Waals surface area (Å²) < 4.78 is 17.9. The van der Waals surface area contributed by atoms with Crippen molar-refractivity contribution in [1.29, 1.82) is 0 Å². The largest absolute Gasteiger partial charge is 0.338 e. The van der Waals surface area contributed by atoms with Gasteiger partial charge in [-0.15, -0.1) is 0 Å². The lowest BCUT2D eigenvalue weighted by Crippen LogP contribution is -2.00. The van der Waals surface area contributed by atoms with Gasteiger partial charge in [-0.25, -0.2) is 0 Å². The Bertz CT molecular complexity index is 1090. The zero-order valence-corrected chi connectivity index (χ0v) is 15.3. The van der Waals surface area contributed by atoms with Crippen molar-refractivity contribution >= 4 is 33.2 Å². The molecule has 3 aromatic carbocycles. The molecule has 0 fully saturated rings. The third-order valence-electron chi connectivity index (χ3n) is 4.06. The number of hydrogen-bond donors (Lipinski definition) is 0. The van der Waals surface area contributed by atoms with Crippen molar-refractivity contribution in [2.24, 2.45) is 0 Å². The molecule has 0 spiro atoms. The van der Waals surface area contributed by atoms with Gasteiger partial charge in [0.15, 0.2) is 0 Å². The van der Waals surface area contributed by atoms with Crippen LogP contribution >= 0.6 is 11.6 Å². The Balaban J connectivity index is 1.51. The molecule has 1 atom stereocenters. The van der Waals surface area contributed by atoms with Gasteiger partial charge in [-0.05, 0) is 28.5 Å². The number of nitrogens with zero attached hydrogens (tertiary/aromatic N) is 2. The molecule has 0 saturated carbocycles. The number of hydrogen-bond acceptors (Lipinski definition) is 4. The van der Waals surface area contributed by atoms with Crippen LogP contribution in [-0.2, 0) is 22.3 Å². The van der Waals surface area contributed by atoms with Gasteiger partial charge in [0.25, 0.3) is 0 Å². The normalized spacial score (nSPS) is 12.3. The maximum absolute atomic E-state index is 12.6. The third kappa shape index (κ3) is 3.54. The summed E-state index contributed by atoms with van der Waals surface area (Å²) in [5.74, 6) is 1.40. The third-order valence-corrected chi connectivity index (χ3v) is 5.60. The molecule has 4 nitrogen and oxygen atoms in total. The molecule has 0 bridgehead atoms. The van der Waals surface area contributed by atoms with Crippen LogP contribution in [0.5, 0.6) is 0 Å². The predicted molar refractivity (Wildman–Crippen MR) is 104 cm³/mol. The predicted octanol–water partition coefficient (Wildman–Crippen LogP) is 4.99. The van der Waals surface area contributed by atoms with Crippen LogP contribution in [0.25, 0.3) is 22.2 Å². The molecule has 4 aromatic rings. The van der Waals surface area contributed by atoms with Crippen molar-refractivity contribution in [3.63, 3.8) is 0 Å². The van der Waals surface area contributed by atoms with Crippen LogP contribution in [-0.4, -0.2) is 14.3 Å². The fourth-order valence-electron chi connectivity index (χ4n) is 2.85. The molecule has 0 saturated heterocycles. The molecule has 0 radical (unpaired) electrons. The molecule has 26 heavy (non-hydrogen) atoms. The van der Waals surface area contributed by atoms with Crippen LogP contribution in [0.2, 0.25) is 5.02 Å². The molecule has 0 unspecified atom stereocenters. The second kappa shape index (κ2) is 7.40. The molecule has 6 heteroatoms. The number of aromatic nitrogens is 2. The van der Waals surface area contributed by atoms with Crippen LogP contribution in [0.3, 0.4) is 0 Å². The summed E-state index contributed by atoms with van der Waals surface area (Å²) in [6.07, 6.45) is 0. The Hall–Kier alpha value is -2.50. The van der Waals surface area contributed by atoms with E-state index in [0.717, 1.165) is 16.3 Å². The molecule has 0 aliphatic carbocycles. The van der Waals surface area contributed by atoms with E-state index in [1.807, 2.05) is 48.5 Å². The molecular formula is C20H15ClN2O2S. The Morgan fingerprint density at radius 3 is 2.58 bits per heavy atom. The topological polar surface area (TPSA) is 56.0 Å². The van der Waals surface area contributed by atoms with Crippen LogP contribution < -0.4 is 0 Å². The molecule has 4 rings (SSSR count). The van der Waals surface area contributed by atoms with Crippen LogP contribution in [0.1, 0.15) is 11.5 Å². The number of benzene rings is 3. The molecule has 1 aromatic heterocycles. The van der Waals surface area contributed by atoms with Crippen LogP contribution in [0.4, 0.5) is 0 Å². The van der Waals surface area contributed by atoms with Crippen molar-refractivity contribution in [2.45, 2.75) is 11.5 Å². The van der Waals surface area contributed by atoms with E-state index in [-0.39, 0.29) is 5.75 Å². The Morgan fingerprint density at radius 2 is 1.69 bits per heavy atom. The van der Waals surface area contributed by atoms with Crippen molar-refractivity contribution < 1.29 is 8.73 Å². The fourth-order valence-corrected chi connectivity index (χ4v) is 4.16. The molecule has 1 heterocycles. The lowest BCUT2D eigenvalue weighted by atomic mass is 10.1. The highest BCUT2D eigenvalue weighted by Gasteiger charge is 2.14. The lowest BCUT2D eigenvalue weighted by molar-refractivity contribution is 0.390. The zero-order chi connectivity index (χ0) is 17.9. The first-order valence-corrected chi connectivity index (χ1v) is 9.96. The highest BCUT2D eigenvalue weighted by atomic mass is 35.5. The Morgan fingerprint density at radius 1 is 0.923 bits per heavy atom. The summed E-state index contributed by atoms with van der Waals surface area (Å²) in [5, 5.41) is 6.76. The average Bonchev–Trinajstić information content (AvgIpc) is 3.10. The summed E-state index contributed by atoms with van der Waals surface area (Å²) in [6.45, 7) is 0. The van der Waals surface area contributed by atoms with Crippen molar-refractivity contribution in [2.75, 3.05) is 0 Å². The summed E-state index contributed by atoms with van der Waals surface area (Å²) >= 11 is 6.15. The summed E-state index contributed by atoms with van der Waals surface area (Å²) in [4.78, 5) is 4.33. The molecule has 0 amide bonds. The Kier molecular flexibility index (Phi) is 4.82. The quantitative estimate of drug-likeness (QED) is 0.487. The van der Waals surface area contributed by atoms with Gasteiger partial charge >= 0.3 is 0 Å². The maximum Gasteiger partial charge on any atom is 0.239 e. The Labute approximate surface area is 158 Å². The van der Waals surface area contributed by atoms with Gasteiger partial charge in [0.05, 0.1) is 5.02 Å². The van der Waals surface area contributed by atoms with E-state index in [4.69, 9.17) is 16.1 Å².